The van der Waals surface area contributed by atoms with E-state index in [1.54, 1.807) is 7.11 Å². The van der Waals surface area contributed by atoms with Gasteiger partial charge < -0.3 is 9.64 Å². The maximum absolute atomic E-state index is 12.5. The third-order valence-electron chi connectivity index (χ3n) is 6.75. The lowest BCUT2D eigenvalue weighted by atomic mass is 9.81. The number of hydrogen-bond acceptors (Lipinski definition) is 3. The molecule has 0 aliphatic carbocycles. The topological polar surface area (TPSA) is 32.8 Å². The van der Waals surface area contributed by atoms with Gasteiger partial charge in [-0.05, 0) is 41.7 Å². The maximum atomic E-state index is 12.5. The van der Waals surface area contributed by atoms with Crippen molar-refractivity contribution < 1.29 is 9.53 Å². The fourth-order valence-electron chi connectivity index (χ4n) is 5.19. The number of benzene rings is 2. The molecule has 0 aromatic heterocycles. The van der Waals surface area contributed by atoms with Crippen LogP contribution in [0.3, 0.4) is 0 Å². The van der Waals surface area contributed by atoms with Gasteiger partial charge in [-0.2, -0.15) is 0 Å². The predicted molar refractivity (Wildman–Crippen MR) is 121 cm³/mol. The zero-order valence-electron chi connectivity index (χ0n) is 17.9. The second kappa shape index (κ2) is 9.51. The molecule has 2 aliphatic rings. The molecule has 1 amide bonds. The van der Waals surface area contributed by atoms with Gasteiger partial charge in [0.25, 0.3) is 0 Å². The van der Waals surface area contributed by atoms with Gasteiger partial charge in [0.05, 0.1) is 0 Å². The van der Waals surface area contributed by atoms with Gasteiger partial charge >= 0.3 is 0 Å². The number of carbonyl (C=O) groups is 1. The number of halogens is 1. The number of fused-ring (bicyclic) bond motifs is 1. The molecule has 3 atom stereocenters. The number of nitrogens with zero attached hydrogens (tertiary/aromatic N) is 2. The van der Waals surface area contributed by atoms with Crippen molar-refractivity contribution in [1.29, 1.82) is 0 Å². The van der Waals surface area contributed by atoms with Gasteiger partial charge in [0.2, 0.25) is 5.91 Å². The summed E-state index contributed by atoms with van der Waals surface area (Å²) < 4.78 is 5.10. The zero-order chi connectivity index (χ0) is 21.1. The number of rotatable bonds is 6. The lowest BCUT2D eigenvalue weighted by Gasteiger charge is -2.39. The monoisotopic (exact) mass is 426 g/mol. The highest BCUT2D eigenvalue weighted by Gasteiger charge is 2.45. The first-order valence-electron chi connectivity index (χ1n) is 10.9. The fourth-order valence-corrected chi connectivity index (χ4v) is 5.40. The van der Waals surface area contributed by atoms with Crippen molar-refractivity contribution in [2.45, 2.75) is 38.3 Å². The molecule has 2 aliphatic heterocycles. The van der Waals surface area contributed by atoms with Crippen LogP contribution in [0.4, 0.5) is 0 Å². The van der Waals surface area contributed by atoms with Crippen LogP contribution in [0, 0.1) is 5.92 Å². The first-order valence-corrected chi connectivity index (χ1v) is 11.3. The summed E-state index contributed by atoms with van der Waals surface area (Å²) in [6.45, 7) is 5.88. The summed E-state index contributed by atoms with van der Waals surface area (Å²) in [5.74, 6) is 0.966. The Bertz CT molecular complexity index is 870. The lowest BCUT2D eigenvalue weighted by Crippen LogP contribution is -2.49. The van der Waals surface area contributed by atoms with Crippen LogP contribution in [-0.2, 0) is 22.5 Å². The summed E-state index contributed by atoms with van der Waals surface area (Å²) in [6.07, 6.45) is 2.06. The van der Waals surface area contributed by atoms with Gasteiger partial charge in [-0.25, -0.2) is 0 Å². The molecule has 4 nitrogen and oxygen atoms in total. The Morgan fingerprint density at radius 1 is 1.13 bits per heavy atom. The number of hydrogen-bond donors (Lipinski definition) is 0. The number of likely N-dealkylation sites (tertiary alicyclic amines) is 2. The molecule has 2 saturated heterocycles. The quantitative estimate of drug-likeness (QED) is 0.687. The minimum Gasteiger partial charge on any atom is -0.375 e. The molecular formula is C25H31ClN2O2. The molecule has 4 rings (SSSR count). The van der Waals surface area contributed by atoms with Crippen LogP contribution in [0.2, 0.25) is 5.02 Å². The van der Waals surface area contributed by atoms with Crippen LogP contribution in [0.5, 0.6) is 0 Å². The summed E-state index contributed by atoms with van der Waals surface area (Å²) in [7, 11) is 1.59. The van der Waals surface area contributed by atoms with Crippen molar-refractivity contribution >= 4 is 17.5 Å². The molecule has 0 saturated carbocycles. The number of amides is 1. The molecule has 2 aromatic carbocycles. The van der Waals surface area contributed by atoms with Crippen LogP contribution < -0.4 is 0 Å². The molecule has 0 spiro atoms. The second-order valence-electron chi connectivity index (χ2n) is 8.55. The van der Waals surface area contributed by atoms with Gasteiger partial charge in [0, 0.05) is 56.2 Å². The molecule has 30 heavy (non-hydrogen) atoms. The fraction of sp³-hybridized carbons (Fsp3) is 0.480. The van der Waals surface area contributed by atoms with Crippen molar-refractivity contribution in [3.05, 3.63) is 70.2 Å². The third kappa shape index (κ3) is 4.56. The van der Waals surface area contributed by atoms with Gasteiger partial charge in [0.15, 0.2) is 0 Å². The van der Waals surface area contributed by atoms with E-state index in [1.165, 1.54) is 16.7 Å². The first-order chi connectivity index (χ1) is 14.6. The summed E-state index contributed by atoms with van der Waals surface area (Å²) in [6, 6.07) is 17.7. The number of ether oxygens (including phenoxy) is 1. The Morgan fingerprint density at radius 3 is 2.63 bits per heavy atom. The van der Waals surface area contributed by atoms with E-state index in [1.807, 2.05) is 17.0 Å². The standard InChI is InChI=1S/C25H31ClN2O2/c1-3-18-7-9-20(10-8-18)22-15-28(14-19-5-4-6-21(26)13-19)24-11-12-27(16-23(22)24)25(29)17-30-2/h4-10,13,22-24H,3,11-12,14-17H2,1-2H3/t22-,23-,24-/m1/s1. The Balaban J connectivity index is 1.58. The van der Waals surface area contributed by atoms with E-state index in [0.717, 1.165) is 44.0 Å². The second-order valence-corrected chi connectivity index (χ2v) is 8.99. The minimum atomic E-state index is 0.101. The molecule has 2 aromatic rings. The van der Waals surface area contributed by atoms with E-state index in [9.17, 15) is 4.79 Å². The van der Waals surface area contributed by atoms with E-state index in [0.29, 0.717) is 17.9 Å². The van der Waals surface area contributed by atoms with Crippen LogP contribution >= 0.6 is 11.6 Å². The lowest BCUT2D eigenvalue weighted by molar-refractivity contribution is -0.137. The van der Waals surface area contributed by atoms with Crippen LogP contribution in [0.1, 0.15) is 36.0 Å². The zero-order valence-corrected chi connectivity index (χ0v) is 18.6. The first kappa shape index (κ1) is 21.4. The Hall–Kier alpha value is -1.88. The van der Waals surface area contributed by atoms with E-state index >= 15 is 0 Å². The predicted octanol–water partition coefficient (Wildman–Crippen LogP) is 4.37. The molecule has 160 valence electrons. The largest absolute Gasteiger partial charge is 0.375 e. The van der Waals surface area contributed by atoms with Crippen molar-refractivity contribution in [2.24, 2.45) is 5.92 Å². The van der Waals surface area contributed by atoms with Crippen molar-refractivity contribution in [3.8, 4) is 0 Å². The molecule has 0 radical (unpaired) electrons. The van der Waals surface area contributed by atoms with Gasteiger partial charge in [-0.3, -0.25) is 9.69 Å². The van der Waals surface area contributed by atoms with Crippen molar-refractivity contribution in [3.63, 3.8) is 0 Å². The highest BCUT2D eigenvalue weighted by molar-refractivity contribution is 6.30. The maximum Gasteiger partial charge on any atom is 0.248 e. The van der Waals surface area contributed by atoms with Gasteiger partial charge in [-0.15, -0.1) is 0 Å². The summed E-state index contributed by atoms with van der Waals surface area (Å²) in [5.41, 5.74) is 4.00. The molecule has 2 heterocycles. The van der Waals surface area contributed by atoms with E-state index in [4.69, 9.17) is 16.3 Å². The van der Waals surface area contributed by atoms with Gasteiger partial charge in [-0.1, -0.05) is 54.9 Å². The minimum absolute atomic E-state index is 0.101. The van der Waals surface area contributed by atoms with E-state index < -0.39 is 0 Å². The molecule has 2 fully saturated rings. The average molecular weight is 427 g/mol. The average Bonchev–Trinajstić information content (AvgIpc) is 3.11. The summed E-state index contributed by atoms with van der Waals surface area (Å²) >= 11 is 6.23. The van der Waals surface area contributed by atoms with Crippen molar-refractivity contribution in [2.75, 3.05) is 33.4 Å². The molecule has 0 bridgehead atoms. The molecule has 5 heteroatoms. The summed E-state index contributed by atoms with van der Waals surface area (Å²) in [4.78, 5) is 17.1. The SMILES string of the molecule is CCc1ccc([C@H]2CN(Cc3cccc(Cl)c3)[C@@H]3CCN(C(=O)COC)C[C@H]23)cc1. The smallest absolute Gasteiger partial charge is 0.248 e. The normalized spacial score (nSPS) is 24.1. The molecule has 0 N–H and O–H groups in total. The Kier molecular flexibility index (Phi) is 6.77. The molecule has 0 unspecified atom stereocenters. The van der Waals surface area contributed by atoms with Crippen molar-refractivity contribution in [1.82, 2.24) is 9.80 Å². The Labute approximate surface area is 184 Å². The van der Waals surface area contributed by atoms with Crippen LogP contribution in [-0.4, -0.2) is 55.1 Å². The number of piperidine rings is 1. The van der Waals surface area contributed by atoms with Crippen LogP contribution in [0.25, 0.3) is 0 Å². The van der Waals surface area contributed by atoms with E-state index in [-0.39, 0.29) is 12.5 Å². The third-order valence-corrected chi connectivity index (χ3v) is 6.98. The number of carbonyl (C=O) groups excluding carboxylic acids is 1. The Morgan fingerprint density at radius 2 is 1.93 bits per heavy atom. The van der Waals surface area contributed by atoms with Crippen LogP contribution in [0.15, 0.2) is 48.5 Å². The number of aryl methyl sites for hydroxylation is 1. The summed E-state index contributed by atoms with van der Waals surface area (Å²) in [5, 5.41) is 0.787. The molecular weight excluding hydrogens is 396 g/mol. The van der Waals surface area contributed by atoms with Gasteiger partial charge in [0.1, 0.15) is 6.61 Å². The van der Waals surface area contributed by atoms with E-state index in [2.05, 4.69) is 48.2 Å². The highest BCUT2D eigenvalue weighted by Crippen LogP contribution is 2.42. The number of methoxy groups -OCH3 is 1. The highest BCUT2D eigenvalue weighted by atomic mass is 35.5.